The van der Waals surface area contributed by atoms with Crippen LogP contribution in [0.3, 0.4) is 0 Å². The molecule has 20 heavy (non-hydrogen) atoms. The Labute approximate surface area is 119 Å². The van der Waals surface area contributed by atoms with E-state index in [0.29, 0.717) is 0 Å². The lowest BCUT2D eigenvalue weighted by Crippen LogP contribution is -2.17. The summed E-state index contributed by atoms with van der Waals surface area (Å²) in [4.78, 5) is 24.4. The minimum absolute atomic E-state index is 0.00912. The lowest BCUT2D eigenvalue weighted by Gasteiger charge is -2.12. The topological polar surface area (TPSA) is 69.6 Å². The predicted molar refractivity (Wildman–Crippen MR) is 78.5 cm³/mol. The van der Waals surface area contributed by atoms with Gasteiger partial charge in [-0.2, -0.15) is 0 Å². The Balaban J connectivity index is 2.47. The molecule has 1 atom stereocenters. The van der Waals surface area contributed by atoms with Crippen molar-refractivity contribution in [2.45, 2.75) is 26.3 Å². The third-order valence-corrected chi connectivity index (χ3v) is 2.79. The Hall–Kier alpha value is -1.88. The molecule has 0 spiro atoms. The van der Waals surface area contributed by atoms with Crippen molar-refractivity contribution in [2.75, 3.05) is 19.4 Å². The first kappa shape index (κ1) is 16.2. The van der Waals surface area contributed by atoms with Crippen molar-refractivity contribution in [3.05, 3.63) is 29.8 Å². The summed E-state index contributed by atoms with van der Waals surface area (Å²) in [7, 11) is 4.00. The molecule has 0 heterocycles. The van der Waals surface area contributed by atoms with Gasteiger partial charge in [-0.1, -0.05) is 19.1 Å². The Kier molecular flexibility index (Phi) is 6.18. The van der Waals surface area contributed by atoms with E-state index in [1.54, 1.807) is 6.92 Å². The second-order valence-corrected chi connectivity index (χ2v) is 5.39. The fraction of sp³-hybridized carbons (Fsp3) is 0.467. The molecule has 0 fully saturated rings. The summed E-state index contributed by atoms with van der Waals surface area (Å²) in [6, 6.07) is 7.66. The molecule has 1 unspecified atom stereocenters. The number of nitrogens with zero attached hydrogens (tertiary/aromatic N) is 1. The second kappa shape index (κ2) is 7.65. The highest BCUT2D eigenvalue weighted by atomic mass is 16.4. The standard InChI is InChI=1S/C15H22N2O3/c1-11(9-15(19)20)8-14(18)16-13-6-4-12(5-7-13)10-17(2)3/h4-7,11H,8-10H2,1-3H3,(H,16,18)(H,19,20). The Morgan fingerprint density at radius 2 is 1.80 bits per heavy atom. The van der Waals surface area contributed by atoms with E-state index in [2.05, 4.69) is 10.2 Å². The molecule has 0 saturated heterocycles. The van der Waals surface area contributed by atoms with Crippen molar-refractivity contribution in [2.24, 2.45) is 5.92 Å². The maximum atomic E-state index is 11.8. The van der Waals surface area contributed by atoms with E-state index in [9.17, 15) is 9.59 Å². The normalized spacial score (nSPS) is 12.2. The van der Waals surface area contributed by atoms with E-state index in [0.717, 1.165) is 12.2 Å². The lowest BCUT2D eigenvalue weighted by atomic mass is 10.0. The summed E-state index contributed by atoms with van der Waals surface area (Å²) in [6.45, 7) is 2.61. The van der Waals surface area contributed by atoms with E-state index in [4.69, 9.17) is 5.11 Å². The molecule has 0 aliphatic heterocycles. The van der Waals surface area contributed by atoms with Crippen LogP contribution < -0.4 is 5.32 Å². The zero-order chi connectivity index (χ0) is 15.1. The summed E-state index contributed by atoms with van der Waals surface area (Å²) in [6.07, 6.45) is 0.223. The van der Waals surface area contributed by atoms with Crippen LogP contribution in [0.5, 0.6) is 0 Å². The minimum atomic E-state index is -0.877. The molecule has 0 aliphatic rings. The molecule has 1 aromatic rings. The van der Waals surface area contributed by atoms with Gasteiger partial charge in [-0.25, -0.2) is 0 Å². The van der Waals surface area contributed by atoms with E-state index in [1.165, 1.54) is 5.56 Å². The van der Waals surface area contributed by atoms with Crippen LogP contribution >= 0.6 is 0 Å². The van der Waals surface area contributed by atoms with Crippen molar-refractivity contribution < 1.29 is 14.7 Å². The highest BCUT2D eigenvalue weighted by Crippen LogP contribution is 2.13. The van der Waals surface area contributed by atoms with Gasteiger partial charge in [0.25, 0.3) is 0 Å². The molecule has 0 saturated carbocycles. The van der Waals surface area contributed by atoms with Gasteiger partial charge in [0.05, 0.1) is 0 Å². The Morgan fingerprint density at radius 3 is 2.30 bits per heavy atom. The number of hydrogen-bond donors (Lipinski definition) is 2. The smallest absolute Gasteiger partial charge is 0.303 e. The number of carboxylic acid groups (broad SMARTS) is 1. The molecule has 1 amide bonds. The van der Waals surface area contributed by atoms with Gasteiger partial charge in [0.1, 0.15) is 0 Å². The monoisotopic (exact) mass is 278 g/mol. The number of benzene rings is 1. The van der Waals surface area contributed by atoms with Crippen molar-refractivity contribution in [1.29, 1.82) is 0 Å². The number of aliphatic carboxylic acids is 1. The van der Waals surface area contributed by atoms with Crippen LogP contribution in [-0.2, 0) is 16.1 Å². The summed E-state index contributed by atoms with van der Waals surface area (Å²) in [5.74, 6) is -1.20. The SMILES string of the molecule is CC(CC(=O)O)CC(=O)Nc1ccc(CN(C)C)cc1. The van der Waals surface area contributed by atoms with Crippen LogP contribution in [0.1, 0.15) is 25.3 Å². The van der Waals surface area contributed by atoms with Crippen molar-refractivity contribution in [1.82, 2.24) is 4.90 Å². The number of rotatable bonds is 7. The van der Waals surface area contributed by atoms with Crippen molar-refractivity contribution in [3.8, 4) is 0 Å². The molecule has 1 rings (SSSR count). The number of nitrogens with one attached hydrogen (secondary N) is 1. The van der Waals surface area contributed by atoms with E-state index in [1.807, 2.05) is 38.4 Å². The van der Waals surface area contributed by atoms with Gasteiger partial charge in [0.2, 0.25) is 5.91 Å². The quantitative estimate of drug-likeness (QED) is 0.802. The number of carbonyl (C=O) groups excluding carboxylic acids is 1. The van der Waals surface area contributed by atoms with Crippen LogP contribution in [0, 0.1) is 5.92 Å². The largest absolute Gasteiger partial charge is 0.481 e. The number of carbonyl (C=O) groups is 2. The van der Waals surface area contributed by atoms with E-state index >= 15 is 0 Å². The van der Waals surface area contributed by atoms with Gasteiger partial charge in [-0.3, -0.25) is 9.59 Å². The average Bonchev–Trinajstić information content (AvgIpc) is 2.29. The molecule has 5 nitrogen and oxygen atoms in total. The Morgan fingerprint density at radius 1 is 1.20 bits per heavy atom. The zero-order valence-electron chi connectivity index (χ0n) is 12.2. The molecule has 2 N–H and O–H groups in total. The van der Waals surface area contributed by atoms with Crippen LogP contribution in [0.2, 0.25) is 0 Å². The van der Waals surface area contributed by atoms with E-state index < -0.39 is 5.97 Å². The highest BCUT2D eigenvalue weighted by molar-refractivity contribution is 5.91. The van der Waals surface area contributed by atoms with Gasteiger partial charge in [0, 0.05) is 25.1 Å². The first-order valence-electron chi connectivity index (χ1n) is 6.62. The minimum Gasteiger partial charge on any atom is -0.481 e. The second-order valence-electron chi connectivity index (χ2n) is 5.39. The third-order valence-electron chi connectivity index (χ3n) is 2.79. The summed E-state index contributed by atoms with van der Waals surface area (Å²) >= 11 is 0. The van der Waals surface area contributed by atoms with Gasteiger partial charge in [0.15, 0.2) is 0 Å². The molecule has 0 bridgehead atoms. The maximum Gasteiger partial charge on any atom is 0.303 e. The summed E-state index contributed by atoms with van der Waals surface area (Å²) in [5.41, 5.74) is 1.91. The molecule has 0 aromatic heterocycles. The van der Waals surface area contributed by atoms with Gasteiger partial charge < -0.3 is 15.3 Å². The maximum absolute atomic E-state index is 11.8. The lowest BCUT2D eigenvalue weighted by molar-refractivity contribution is -0.138. The molecule has 5 heteroatoms. The molecule has 110 valence electrons. The first-order valence-corrected chi connectivity index (χ1v) is 6.62. The summed E-state index contributed by atoms with van der Waals surface area (Å²) in [5, 5.41) is 11.4. The average molecular weight is 278 g/mol. The number of anilines is 1. The third kappa shape index (κ3) is 6.33. The fourth-order valence-corrected chi connectivity index (χ4v) is 1.96. The van der Waals surface area contributed by atoms with Crippen molar-refractivity contribution in [3.63, 3.8) is 0 Å². The number of amides is 1. The highest BCUT2D eigenvalue weighted by Gasteiger charge is 2.12. The summed E-state index contributed by atoms with van der Waals surface area (Å²) < 4.78 is 0. The molecular formula is C15H22N2O3. The molecule has 0 radical (unpaired) electrons. The van der Waals surface area contributed by atoms with Gasteiger partial charge in [-0.15, -0.1) is 0 Å². The van der Waals surface area contributed by atoms with Gasteiger partial charge in [-0.05, 0) is 37.7 Å². The van der Waals surface area contributed by atoms with Crippen LogP contribution in [0.4, 0.5) is 5.69 Å². The molecule has 0 aliphatic carbocycles. The number of carboxylic acids is 1. The number of hydrogen-bond acceptors (Lipinski definition) is 3. The molecule has 1 aromatic carbocycles. The molecular weight excluding hydrogens is 256 g/mol. The van der Waals surface area contributed by atoms with E-state index in [-0.39, 0.29) is 24.7 Å². The van der Waals surface area contributed by atoms with Crippen molar-refractivity contribution >= 4 is 17.6 Å². The predicted octanol–water partition coefficient (Wildman–Crippen LogP) is 2.19. The first-order chi connectivity index (χ1) is 9.36. The zero-order valence-corrected chi connectivity index (χ0v) is 12.2. The van der Waals surface area contributed by atoms with Crippen LogP contribution in [0.25, 0.3) is 0 Å². The fourth-order valence-electron chi connectivity index (χ4n) is 1.96. The van der Waals surface area contributed by atoms with Gasteiger partial charge >= 0.3 is 5.97 Å². The Bertz CT molecular complexity index is 455. The van der Waals surface area contributed by atoms with Crippen LogP contribution in [0.15, 0.2) is 24.3 Å². The van der Waals surface area contributed by atoms with Crippen LogP contribution in [-0.4, -0.2) is 36.0 Å².